The number of rotatable bonds is 0. The molecule has 1 amide bonds. The second kappa shape index (κ2) is 4.72. The summed E-state index contributed by atoms with van der Waals surface area (Å²) < 4.78 is 5.40. The third-order valence-electron chi connectivity index (χ3n) is 3.04. The van der Waals surface area contributed by atoms with Gasteiger partial charge in [-0.25, -0.2) is 9.78 Å². The van der Waals surface area contributed by atoms with E-state index in [1.54, 1.807) is 17.0 Å². The van der Waals surface area contributed by atoms with Gasteiger partial charge in [0, 0.05) is 18.5 Å². The maximum absolute atomic E-state index is 12.1. The van der Waals surface area contributed by atoms with E-state index < -0.39 is 5.60 Å². The third kappa shape index (κ3) is 3.16. The Labute approximate surface area is 113 Å². The SMILES string of the molecule is CC1Cc2nc(O)ccc2CN1C(=O)OC(C)(C)C. The van der Waals surface area contributed by atoms with Gasteiger partial charge in [0.05, 0.1) is 12.2 Å². The van der Waals surface area contributed by atoms with E-state index in [9.17, 15) is 9.90 Å². The van der Waals surface area contributed by atoms with Gasteiger partial charge in [0.1, 0.15) is 5.60 Å². The molecule has 1 aliphatic heterocycles. The first-order valence-corrected chi connectivity index (χ1v) is 6.43. The fourth-order valence-corrected chi connectivity index (χ4v) is 2.13. The number of aromatic nitrogens is 1. The Hall–Kier alpha value is -1.78. The van der Waals surface area contributed by atoms with E-state index in [4.69, 9.17) is 4.74 Å². The highest BCUT2D eigenvalue weighted by Gasteiger charge is 2.31. The predicted octanol–water partition coefficient (Wildman–Crippen LogP) is 2.47. The maximum Gasteiger partial charge on any atom is 0.410 e. The molecule has 1 aromatic heterocycles. The molecule has 2 rings (SSSR count). The molecule has 1 N–H and O–H groups in total. The molecule has 0 fully saturated rings. The molecule has 0 spiro atoms. The van der Waals surface area contributed by atoms with Crippen molar-refractivity contribution in [1.29, 1.82) is 0 Å². The molecule has 0 radical (unpaired) electrons. The lowest BCUT2D eigenvalue weighted by Crippen LogP contribution is -2.45. The summed E-state index contributed by atoms with van der Waals surface area (Å²) in [7, 11) is 0. The van der Waals surface area contributed by atoms with Gasteiger partial charge in [0.15, 0.2) is 0 Å². The topological polar surface area (TPSA) is 62.7 Å². The van der Waals surface area contributed by atoms with Gasteiger partial charge in [-0.1, -0.05) is 6.07 Å². The lowest BCUT2D eigenvalue weighted by molar-refractivity contribution is 0.0136. The summed E-state index contributed by atoms with van der Waals surface area (Å²) in [6, 6.07) is 3.36. The Morgan fingerprint density at radius 1 is 1.47 bits per heavy atom. The molecule has 0 bridgehead atoms. The van der Waals surface area contributed by atoms with Crippen LogP contribution in [0.3, 0.4) is 0 Å². The van der Waals surface area contributed by atoms with Crippen molar-refractivity contribution in [3.63, 3.8) is 0 Å². The highest BCUT2D eigenvalue weighted by atomic mass is 16.6. The zero-order chi connectivity index (χ0) is 14.2. The van der Waals surface area contributed by atoms with Crippen LogP contribution in [-0.2, 0) is 17.7 Å². The molecule has 1 atom stereocenters. The van der Waals surface area contributed by atoms with Gasteiger partial charge in [0.25, 0.3) is 0 Å². The zero-order valence-corrected chi connectivity index (χ0v) is 11.8. The molecule has 0 aliphatic carbocycles. The lowest BCUT2D eigenvalue weighted by Gasteiger charge is -2.35. The molecule has 2 heterocycles. The van der Waals surface area contributed by atoms with E-state index >= 15 is 0 Å². The van der Waals surface area contributed by atoms with Crippen molar-refractivity contribution in [3.8, 4) is 5.88 Å². The highest BCUT2D eigenvalue weighted by molar-refractivity contribution is 5.69. The Bertz CT molecular complexity index is 494. The van der Waals surface area contributed by atoms with Crippen molar-refractivity contribution in [2.45, 2.75) is 52.3 Å². The van der Waals surface area contributed by atoms with E-state index in [0.717, 1.165) is 11.3 Å². The van der Waals surface area contributed by atoms with Gasteiger partial charge < -0.3 is 14.7 Å². The van der Waals surface area contributed by atoms with Crippen LogP contribution in [0.15, 0.2) is 12.1 Å². The van der Waals surface area contributed by atoms with Crippen LogP contribution in [0.2, 0.25) is 0 Å². The number of hydrogen-bond donors (Lipinski definition) is 1. The van der Waals surface area contributed by atoms with Gasteiger partial charge in [0.2, 0.25) is 5.88 Å². The Morgan fingerprint density at radius 3 is 2.79 bits per heavy atom. The van der Waals surface area contributed by atoms with E-state index in [1.165, 1.54) is 0 Å². The first-order chi connectivity index (χ1) is 8.76. The number of ether oxygens (including phenoxy) is 1. The second-order valence-electron chi connectivity index (χ2n) is 5.94. The van der Waals surface area contributed by atoms with Crippen molar-refractivity contribution in [2.24, 2.45) is 0 Å². The van der Waals surface area contributed by atoms with Crippen LogP contribution in [0.5, 0.6) is 5.88 Å². The second-order valence-corrected chi connectivity index (χ2v) is 5.94. The maximum atomic E-state index is 12.1. The first-order valence-electron chi connectivity index (χ1n) is 6.43. The van der Waals surface area contributed by atoms with Gasteiger partial charge in [-0.2, -0.15) is 0 Å². The minimum Gasteiger partial charge on any atom is -0.493 e. The van der Waals surface area contributed by atoms with Gasteiger partial charge in [-0.3, -0.25) is 0 Å². The van der Waals surface area contributed by atoms with E-state index in [-0.39, 0.29) is 18.0 Å². The first kappa shape index (κ1) is 13.6. The summed E-state index contributed by atoms with van der Waals surface area (Å²) in [5.41, 5.74) is 1.32. The number of amides is 1. The largest absolute Gasteiger partial charge is 0.493 e. The number of carbonyl (C=O) groups excluding carboxylic acids is 1. The molecule has 1 aromatic rings. The molecule has 1 aliphatic rings. The van der Waals surface area contributed by atoms with E-state index in [0.29, 0.717) is 13.0 Å². The quantitative estimate of drug-likeness (QED) is 0.782. The van der Waals surface area contributed by atoms with Crippen LogP contribution in [0, 0.1) is 0 Å². The summed E-state index contributed by atoms with van der Waals surface area (Å²) in [6.45, 7) is 7.99. The standard InChI is InChI=1S/C14H20N2O3/c1-9-7-11-10(5-6-12(17)15-11)8-16(9)13(18)19-14(2,3)4/h5-6,9H,7-8H2,1-4H3,(H,15,17). The number of pyridine rings is 1. The summed E-state index contributed by atoms with van der Waals surface area (Å²) in [5.74, 6) is 0.0247. The van der Waals surface area contributed by atoms with Gasteiger partial charge >= 0.3 is 6.09 Å². The molecular weight excluding hydrogens is 244 g/mol. The molecule has 19 heavy (non-hydrogen) atoms. The number of nitrogens with zero attached hydrogens (tertiary/aromatic N) is 2. The van der Waals surface area contributed by atoms with Crippen LogP contribution >= 0.6 is 0 Å². The minimum absolute atomic E-state index is 0.0108. The van der Waals surface area contributed by atoms with Crippen molar-refractivity contribution < 1.29 is 14.6 Å². The van der Waals surface area contributed by atoms with Crippen LogP contribution in [0.1, 0.15) is 39.0 Å². The molecule has 5 heteroatoms. The summed E-state index contributed by atoms with van der Waals surface area (Å²) in [6.07, 6.45) is 0.321. The van der Waals surface area contributed by atoms with Crippen molar-refractivity contribution >= 4 is 6.09 Å². The molecule has 1 unspecified atom stereocenters. The van der Waals surface area contributed by atoms with Crippen molar-refractivity contribution in [3.05, 3.63) is 23.4 Å². The molecule has 0 saturated heterocycles. The Morgan fingerprint density at radius 2 is 2.16 bits per heavy atom. The summed E-state index contributed by atoms with van der Waals surface area (Å²) in [5, 5.41) is 9.39. The van der Waals surface area contributed by atoms with E-state index in [1.807, 2.05) is 27.7 Å². The molecule has 0 saturated carbocycles. The molecule has 0 aromatic carbocycles. The fraction of sp³-hybridized carbons (Fsp3) is 0.571. The average molecular weight is 264 g/mol. The predicted molar refractivity (Wildman–Crippen MR) is 70.8 cm³/mol. The molecular formula is C14H20N2O3. The fourth-order valence-electron chi connectivity index (χ4n) is 2.13. The van der Waals surface area contributed by atoms with Crippen molar-refractivity contribution in [2.75, 3.05) is 0 Å². The van der Waals surface area contributed by atoms with E-state index in [2.05, 4.69) is 4.98 Å². The normalized spacial score (nSPS) is 18.9. The Kier molecular flexibility index (Phi) is 3.39. The number of hydrogen-bond acceptors (Lipinski definition) is 4. The summed E-state index contributed by atoms with van der Waals surface area (Å²) in [4.78, 5) is 17.9. The number of aromatic hydroxyl groups is 1. The molecule has 104 valence electrons. The third-order valence-corrected chi connectivity index (χ3v) is 3.04. The summed E-state index contributed by atoms with van der Waals surface area (Å²) >= 11 is 0. The van der Waals surface area contributed by atoms with Crippen LogP contribution < -0.4 is 0 Å². The number of carbonyl (C=O) groups is 1. The van der Waals surface area contributed by atoms with Crippen LogP contribution in [0.25, 0.3) is 0 Å². The van der Waals surface area contributed by atoms with Crippen LogP contribution in [-0.4, -0.2) is 32.7 Å². The number of fused-ring (bicyclic) bond motifs is 1. The molecule has 5 nitrogen and oxygen atoms in total. The van der Waals surface area contributed by atoms with Gasteiger partial charge in [-0.05, 0) is 33.3 Å². The van der Waals surface area contributed by atoms with Crippen LogP contribution in [0.4, 0.5) is 4.79 Å². The monoisotopic (exact) mass is 264 g/mol. The Balaban J connectivity index is 2.17. The smallest absolute Gasteiger partial charge is 0.410 e. The highest BCUT2D eigenvalue weighted by Crippen LogP contribution is 2.25. The minimum atomic E-state index is -0.496. The lowest BCUT2D eigenvalue weighted by atomic mass is 10.0. The van der Waals surface area contributed by atoms with Gasteiger partial charge in [-0.15, -0.1) is 0 Å². The average Bonchev–Trinajstić information content (AvgIpc) is 2.25. The zero-order valence-electron chi connectivity index (χ0n) is 11.8. The van der Waals surface area contributed by atoms with Crippen molar-refractivity contribution in [1.82, 2.24) is 9.88 Å².